The highest BCUT2D eigenvalue weighted by atomic mass is 16.2. The third kappa shape index (κ3) is 4.50. The number of pyridine rings is 1. The Morgan fingerprint density at radius 1 is 1.47 bits per heavy atom. The molecule has 0 atom stereocenters. The van der Waals surface area contributed by atoms with Gasteiger partial charge in [-0.1, -0.05) is 0 Å². The first-order valence-electron chi connectivity index (χ1n) is 5.34. The Labute approximate surface area is 99.6 Å². The smallest absolute Gasteiger partial charge is 0.251 e. The number of hydrogen-bond donors (Lipinski definition) is 3. The van der Waals surface area contributed by atoms with E-state index in [9.17, 15) is 9.59 Å². The van der Waals surface area contributed by atoms with E-state index in [2.05, 4.69) is 15.6 Å². The van der Waals surface area contributed by atoms with Gasteiger partial charge < -0.3 is 16.4 Å². The fourth-order valence-corrected chi connectivity index (χ4v) is 1.28. The molecule has 92 valence electrons. The van der Waals surface area contributed by atoms with Crippen LogP contribution in [-0.4, -0.2) is 30.4 Å². The summed E-state index contributed by atoms with van der Waals surface area (Å²) in [5, 5.41) is 5.56. The van der Waals surface area contributed by atoms with Gasteiger partial charge in [0, 0.05) is 31.8 Å². The number of nitrogens with one attached hydrogen (secondary N) is 2. The van der Waals surface area contributed by atoms with Crippen molar-refractivity contribution in [3.05, 3.63) is 23.9 Å². The summed E-state index contributed by atoms with van der Waals surface area (Å²) in [6.07, 6.45) is 2.38. The molecule has 17 heavy (non-hydrogen) atoms. The van der Waals surface area contributed by atoms with Gasteiger partial charge in [0.1, 0.15) is 5.82 Å². The van der Waals surface area contributed by atoms with E-state index in [4.69, 9.17) is 5.73 Å². The Balaban J connectivity index is 2.43. The second kappa shape index (κ2) is 6.47. The highest BCUT2D eigenvalue weighted by molar-refractivity contribution is 5.94. The zero-order valence-corrected chi connectivity index (χ0v) is 9.69. The summed E-state index contributed by atoms with van der Waals surface area (Å²) in [5.41, 5.74) is 5.52. The summed E-state index contributed by atoms with van der Waals surface area (Å²) < 4.78 is 0. The molecule has 1 heterocycles. The first kappa shape index (κ1) is 13.0. The molecule has 0 saturated carbocycles. The van der Waals surface area contributed by atoms with E-state index in [1.807, 2.05) is 0 Å². The number of hydrogen-bond acceptors (Lipinski definition) is 4. The van der Waals surface area contributed by atoms with Crippen molar-refractivity contribution in [1.82, 2.24) is 10.3 Å². The molecule has 1 rings (SSSR count). The van der Waals surface area contributed by atoms with Gasteiger partial charge >= 0.3 is 0 Å². The zero-order valence-electron chi connectivity index (χ0n) is 9.69. The van der Waals surface area contributed by atoms with E-state index in [1.165, 1.54) is 0 Å². The molecule has 0 saturated heterocycles. The van der Waals surface area contributed by atoms with Crippen LogP contribution in [0.25, 0.3) is 0 Å². The number of nitrogens with two attached hydrogens (primary N) is 1. The van der Waals surface area contributed by atoms with Crippen molar-refractivity contribution < 1.29 is 9.59 Å². The van der Waals surface area contributed by atoms with Crippen LogP contribution in [0.15, 0.2) is 18.3 Å². The summed E-state index contributed by atoms with van der Waals surface area (Å²) in [6, 6.07) is 3.29. The lowest BCUT2D eigenvalue weighted by atomic mass is 10.2. The summed E-state index contributed by atoms with van der Waals surface area (Å²) in [6.45, 7) is 0.430. The fraction of sp³-hybridized carbons (Fsp3) is 0.364. The van der Waals surface area contributed by atoms with Crippen LogP contribution in [0.2, 0.25) is 0 Å². The maximum atomic E-state index is 11.7. The number of anilines is 1. The number of primary amides is 1. The maximum Gasteiger partial charge on any atom is 0.251 e. The lowest BCUT2D eigenvalue weighted by Gasteiger charge is -2.05. The maximum absolute atomic E-state index is 11.7. The molecule has 6 heteroatoms. The normalized spacial score (nSPS) is 9.71. The van der Waals surface area contributed by atoms with Crippen LogP contribution >= 0.6 is 0 Å². The average molecular weight is 236 g/mol. The van der Waals surface area contributed by atoms with Gasteiger partial charge in [0.15, 0.2) is 0 Å². The number of aromatic nitrogens is 1. The van der Waals surface area contributed by atoms with E-state index >= 15 is 0 Å². The van der Waals surface area contributed by atoms with E-state index in [-0.39, 0.29) is 18.2 Å². The Morgan fingerprint density at radius 3 is 2.88 bits per heavy atom. The molecule has 0 fully saturated rings. The van der Waals surface area contributed by atoms with Crippen molar-refractivity contribution in [2.75, 3.05) is 18.9 Å². The van der Waals surface area contributed by atoms with E-state index < -0.39 is 0 Å². The Kier molecular flexibility index (Phi) is 4.93. The largest absolute Gasteiger partial charge is 0.373 e. The minimum atomic E-state index is -0.361. The lowest BCUT2D eigenvalue weighted by Crippen LogP contribution is -2.25. The van der Waals surface area contributed by atoms with E-state index in [1.54, 1.807) is 25.4 Å². The van der Waals surface area contributed by atoms with E-state index in [0.29, 0.717) is 24.3 Å². The third-order valence-corrected chi connectivity index (χ3v) is 2.16. The van der Waals surface area contributed by atoms with Gasteiger partial charge in [0.05, 0.1) is 0 Å². The molecule has 6 nitrogen and oxygen atoms in total. The average Bonchev–Trinajstić information content (AvgIpc) is 2.34. The van der Waals surface area contributed by atoms with Crippen molar-refractivity contribution >= 4 is 17.6 Å². The quantitative estimate of drug-likeness (QED) is 0.611. The van der Waals surface area contributed by atoms with Gasteiger partial charge in [-0.05, 0) is 18.6 Å². The fourth-order valence-electron chi connectivity index (χ4n) is 1.28. The van der Waals surface area contributed by atoms with Crippen LogP contribution < -0.4 is 16.4 Å². The molecule has 1 aromatic heterocycles. The summed E-state index contributed by atoms with van der Waals surface area (Å²) >= 11 is 0. The number of nitrogens with zero attached hydrogens (tertiary/aromatic N) is 1. The predicted octanol–water partition coefficient (Wildman–Crippen LogP) is 0.119. The van der Waals surface area contributed by atoms with Crippen LogP contribution in [0, 0.1) is 0 Å². The van der Waals surface area contributed by atoms with Crippen LogP contribution in [0.5, 0.6) is 0 Å². The number of carbonyl (C=O) groups is 2. The van der Waals surface area contributed by atoms with Crippen molar-refractivity contribution in [3.8, 4) is 0 Å². The lowest BCUT2D eigenvalue weighted by molar-refractivity contribution is -0.118. The highest BCUT2D eigenvalue weighted by Crippen LogP contribution is 2.05. The molecule has 0 spiro atoms. The molecule has 1 aromatic rings. The molecule has 4 N–H and O–H groups in total. The molecule has 0 aliphatic carbocycles. The second-order valence-electron chi connectivity index (χ2n) is 3.51. The van der Waals surface area contributed by atoms with Crippen LogP contribution in [0.3, 0.4) is 0 Å². The van der Waals surface area contributed by atoms with Gasteiger partial charge in [0.2, 0.25) is 5.91 Å². The standard InChI is InChI=1S/C11H16N4O2/c1-13-10-7-8(4-6-14-10)11(17)15-5-2-3-9(12)16/h4,6-7H,2-3,5H2,1H3,(H2,12,16)(H,13,14)(H,15,17). The van der Waals surface area contributed by atoms with Crippen LogP contribution in [0.4, 0.5) is 5.82 Å². The molecule has 0 radical (unpaired) electrons. The Bertz CT molecular complexity index is 406. The first-order valence-corrected chi connectivity index (χ1v) is 5.34. The number of rotatable bonds is 6. The molecule has 0 bridgehead atoms. The molecule has 0 aromatic carbocycles. The summed E-state index contributed by atoms with van der Waals surface area (Å²) in [4.78, 5) is 26.2. The summed E-state index contributed by atoms with van der Waals surface area (Å²) in [7, 11) is 1.73. The van der Waals surface area contributed by atoms with Crippen molar-refractivity contribution in [3.63, 3.8) is 0 Å². The van der Waals surface area contributed by atoms with Gasteiger partial charge in [-0.25, -0.2) is 4.98 Å². The second-order valence-corrected chi connectivity index (χ2v) is 3.51. The highest BCUT2D eigenvalue weighted by Gasteiger charge is 2.05. The van der Waals surface area contributed by atoms with Crippen LogP contribution in [-0.2, 0) is 4.79 Å². The minimum Gasteiger partial charge on any atom is -0.373 e. The van der Waals surface area contributed by atoms with Crippen molar-refractivity contribution in [2.24, 2.45) is 5.73 Å². The minimum absolute atomic E-state index is 0.187. The van der Waals surface area contributed by atoms with Crippen molar-refractivity contribution in [1.29, 1.82) is 0 Å². The van der Waals surface area contributed by atoms with Crippen LogP contribution in [0.1, 0.15) is 23.2 Å². The number of carbonyl (C=O) groups excluding carboxylic acids is 2. The molecular weight excluding hydrogens is 220 g/mol. The third-order valence-electron chi connectivity index (χ3n) is 2.16. The molecule has 2 amide bonds. The molecular formula is C11H16N4O2. The topological polar surface area (TPSA) is 97.1 Å². The molecule has 0 unspecified atom stereocenters. The predicted molar refractivity (Wildman–Crippen MR) is 64.5 cm³/mol. The molecule has 0 aliphatic rings. The monoisotopic (exact) mass is 236 g/mol. The number of amides is 2. The van der Waals surface area contributed by atoms with Crippen molar-refractivity contribution in [2.45, 2.75) is 12.8 Å². The van der Waals surface area contributed by atoms with E-state index in [0.717, 1.165) is 0 Å². The van der Waals surface area contributed by atoms with Gasteiger partial charge in [0.25, 0.3) is 5.91 Å². The van der Waals surface area contributed by atoms with Gasteiger partial charge in [-0.15, -0.1) is 0 Å². The Morgan fingerprint density at radius 2 is 2.24 bits per heavy atom. The first-order chi connectivity index (χ1) is 8.13. The zero-order chi connectivity index (χ0) is 12.7. The summed E-state index contributed by atoms with van der Waals surface area (Å²) in [5.74, 6) is 0.0868. The van der Waals surface area contributed by atoms with Gasteiger partial charge in [-0.2, -0.15) is 0 Å². The van der Waals surface area contributed by atoms with Gasteiger partial charge in [-0.3, -0.25) is 9.59 Å². The molecule has 0 aliphatic heterocycles. The SMILES string of the molecule is CNc1cc(C(=O)NCCCC(N)=O)ccn1. The Hall–Kier alpha value is -2.11.